The quantitative estimate of drug-likeness (QED) is 0.149. The van der Waals surface area contributed by atoms with Crippen LogP contribution in [0.1, 0.15) is 58.2 Å². The third-order valence-corrected chi connectivity index (χ3v) is 18.4. The summed E-state index contributed by atoms with van der Waals surface area (Å²) in [6.07, 6.45) is -2.54. The normalized spacial score (nSPS) is 15.6. The van der Waals surface area contributed by atoms with Crippen LogP contribution in [0.5, 0.6) is 0 Å². The fourth-order valence-corrected chi connectivity index (χ4v) is 7.42. The molecule has 5 nitrogen and oxygen atoms in total. The van der Waals surface area contributed by atoms with E-state index in [1.165, 1.54) is 0 Å². The average Bonchev–Trinajstić information content (AvgIpc) is 2.95. The van der Waals surface area contributed by atoms with Gasteiger partial charge in [0, 0.05) is 0 Å². The van der Waals surface area contributed by atoms with Gasteiger partial charge < -0.3 is 23.8 Å². The van der Waals surface area contributed by atoms with Crippen molar-refractivity contribution < 1.29 is 23.8 Å². The second-order valence-corrected chi connectivity index (χ2v) is 24.1. The molecule has 0 saturated carbocycles. The summed E-state index contributed by atoms with van der Waals surface area (Å²) in [5, 5.41) is 22.6. The lowest BCUT2D eigenvalue weighted by molar-refractivity contribution is -0.109. The third kappa shape index (κ3) is 8.14. The molecule has 0 amide bonds. The Morgan fingerprint density at radius 3 is 1.28 bits per heavy atom. The van der Waals surface area contributed by atoms with Crippen LogP contribution in [0, 0.1) is 0 Å². The summed E-state index contributed by atoms with van der Waals surface area (Å²) in [5.74, 6) is 0. The monoisotopic (exact) mass is 622 g/mol. The van der Waals surface area contributed by atoms with E-state index in [0.717, 1.165) is 16.7 Å². The fourth-order valence-electron chi connectivity index (χ4n) is 4.76. The molecule has 0 heterocycles. The SMILES string of the molecule is CC(C)(C)[Si](C)(C)O[C@H]([C@H](CO)O[Si](C)(C)C(C)(C)C)[C@@H](O)COC(c1ccccc1)(c1ccccc1)c1ccccc1. The van der Waals surface area contributed by atoms with Crippen molar-refractivity contribution in [3.8, 4) is 0 Å². The average molecular weight is 623 g/mol. The van der Waals surface area contributed by atoms with Gasteiger partial charge in [-0.3, -0.25) is 0 Å². The van der Waals surface area contributed by atoms with Gasteiger partial charge in [0.1, 0.15) is 17.8 Å². The van der Waals surface area contributed by atoms with Gasteiger partial charge in [-0.05, 0) is 53.0 Å². The molecule has 0 aliphatic carbocycles. The van der Waals surface area contributed by atoms with E-state index in [0.29, 0.717) is 0 Å². The molecule has 0 unspecified atom stereocenters. The molecule has 43 heavy (non-hydrogen) atoms. The highest BCUT2D eigenvalue weighted by atomic mass is 28.4. The lowest BCUT2D eigenvalue weighted by Crippen LogP contribution is -2.57. The van der Waals surface area contributed by atoms with Crippen molar-refractivity contribution in [1.82, 2.24) is 0 Å². The van der Waals surface area contributed by atoms with Gasteiger partial charge in [-0.15, -0.1) is 0 Å². The molecule has 0 spiro atoms. The zero-order valence-corrected chi connectivity index (χ0v) is 29.9. The van der Waals surface area contributed by atoms with Crippen LogP contribution in [0.15, 0.2) is 91.0 Å². The summed E-state index contributed by atoms with van der Waals surface area (Å²) in [5.41, 5.74) is 1.88. The summed E-state index contributed by atoms with van der Waals surface area (Å²) in [4.78, 5) is 0. The van der Waals surface area contributed by atoms with Gasteiger partial charge in [0.25, 0.3) is 0 Å². The van der Waals surface area contributed by atoms with E-state index in [4.69, 9.17) is 13.6 Å². The Morgan fingerprint density at radius 1 is 0.605 bits per heavy atom. The van der Waals surface area contributed by atoms with Gasteiger partial charge in [-0.1, -0.05) is 133 Å². The molecule has 0 bridgehead atoms. The van der Waals surface area contributed by atoms with Crippen molar-refractivity contribution in [2.75, 3.05) is 13.2 Å². The van der Waals surface area contributed by atoms with Crippen LogP contribution in [0.3, 0.4) is 0 Å². The molecule has 3 aromatic carbocycles. The molecule has 3 atom stereocenters. The van der Waals surface area contributed by atoms with Crippen LogP contribution < -0.4 is 0 Å². The molecule has 0 fully saturated rings. The van der Waals surface area contributed by atoms with E-state index >= 15 is 0 Å². The van der Waals surface area contributed by atoms with Gasteiger partial charge in [0.2, 0.25) is 0 Å². The van der Waals surface area contributed by atoms with E-state index in [-0.39, 0.29) is 23.3 Å². The molecule has 7 heteroatoms. The number of rotatable bonds is 13. The van der Waals surface area contributed by atoms with Crippen LogP contribution in [0.25, 0.3) is 0 Å². The van der Waals surface area contributed by atoms with E-state index in [2.05, 4.69) is 104 Å². The first-order valence-corrected chi connectivity index (χ1v) is 21.2. The van der Waals surface area contributed by atoms with Gasteiger partial charge in [-0.2, -0.15) is 0 Å². The Balaban J connectivity index is 2.10. The number of aliphatic hydroxyl groups excluding tert-OH is 2. The Hall–Kier alpha value is -2.11. The van der Waals surface area contributed by atoms with Crippen molar-refractivity contribution in [2.45, 2.75) is 102 Å². The second-order valence-electron chi connectivity index (χ2n) is 14.6. The lowest BCUT2D eigenvalue weighted by atomic mass is 9.80. The Bertz CT molecular complexity index is 1150. The van der Waals surface area contributed by atoms with Crippen molar-refractivity contribution in [1.29, 1.82) is 0 Å². The van der Waals surface area contributed by atoms with Gasteiger partial charge in [-0.25, -0.2) is 0 Å². The van der Waals surface area contributed by atoms with Crippen LogP contribution in [0.2, 0.25) is 36.3 Å². The van der Waals surface area contributed by atoms with E-state index in [9.17, 15) is 10.2 Å². The Morgan fingerprint density at radius 2 is 0.953 bits per heavy atom. The van der Waals surface area contributed by atoms with Gasteiger partial charge >= 0.3 is 0 Å². The maximum absolute atomic E-state index is 12.0. The molecule has 0 aliphatic rings. The molecule has 3 aromatic rings. The number of benzene rings is 3. The largest absolute Gasteiger partial charge is 0.409 e. The number of ether oxygens (including phenoxy) is 1. The minimum absolute atomic E-state index is 0.0324. The number of hydrogen-bond donors (Lipinski definition) is 2. The van der Waals surface area contributed by atoms with Crippen molar-refractivity contribution in [3.63, 3.8) is 0 Å². The van der Waals surface area contributed by atoms with Gasteiger partial charge in [0.05, 0.1) is 19.3 Å². The highest BCUT2D eigenvalue weighted by molar-refractivity contribution is 6.74. The number of aliphatic hydroxyl groups is 2. The number of hydrogen-bond acceptors (Lipinski definition) is 5. The molecule has 3 rings (SSSR count). The second kappa shape index (κ2) is 13.9. The highest BCUT2D eigenvalue weighted by Crippen LogP contribution is 2.43. The molecule has 2 N–H and O–H groups in total. The Kier molecular flexibility index (Phi) is 11.4. The van der Waals surface area contributed by atoms with Crippen LogP contribution in [-0.4, -0.2) is 58.4 Å². The predicted octanol–water partition coefficient (Wildman–Crippen LogP) is 8.13. The van der Waals surface area contributed by atoms with Crippen LogP contribution >= 0.6 is 0 Å². The fraction of sp³-hybridized carbons (Fsp3) is 0.500. The maximum atomic E-state index is 12.0. The summed E-state index contributed by atoms with van der Waals surface area (Å²) in [6.45, 7) is 21.4. The predicted molar refractivity (Wildman–Crippen MR) is 182 cm³/mol. The van der Waals surface area contributed by atoms with Crippen molar-refractivity contribution >= 4 is 16.6 Å². The topological polar surface area (TPSA) is 68.2 Å². The molecule has 236 valence electrons. The van der Waals surface area contributed by atoms with Crippen LogP contribution in [-0.2, 0) is 19.2 Å². The summed E-state index contributed by atoms with van der Waals surface area (Å²) >= 11 is 0. The standard InChI is InChI=1S/C36H54O5Si2/c1-34(2,3)42(7,8)40-32(26-37)33(41-43(9,10)35(4,5)6)31(38)27-39-36(28-20-14-11-15-21-28,29-22-16-12-17-23-29)30-24-18-13-19-25-30/h11-25,31-33,37-38H,26-27H2,1-10H3/t31-,32-,33-/m0/s1. The smallest absolute Gasteiger partial charge is 0.192 e. The molecule has 0 radical (unpaired) electrons. The first kappa shape index (κ1) is 35.4. The summed E-state index contributed by atoms with van der Waals surface area (Å²) < 4.78 is 20.6. The minimum Gasteiger partial charge on any atom is -0.409 e. The third-order valence-electron chi connectivity index (χ3n) is 9.43. The zero-order chi connectivity index (χ0) is 32.1. The molecule has 0 aromatic heterocycles. The van der Waals surface area contributed by atoms with E-state index < -0.39 is 40.5 Å². The first-order valence-electron chi connectivity index (χ1n) is 15.4. The summed E-state index contributed by atoms with van der Waals surface area (Å²) in [7, 11) is -4.70. The summed E-state index contributed by atoms with van der Waals surface area (Å²) in [6, 6.07) is 30.4. The minimum atomic E-state index is -2.39. The highest BCUT2D eigenvalue weighted by Gasteiger charge is 2.47. The maximum Gasteiger partial charge on any atom is 0.192 e. The molecular weight excluding hydrogens is 569 g/mol. The van der Waals surface area contributed by atoms with Crippen molar-refractivity contribution in [3.05, 3.63) is 108 Å². The molecule has 0 aliphatic heterocycles. The molecule has 0 saturated heterocycles. The van der Waals surface area contributed by atoms with E-state index in [1.807, 2.05) is 54.6 Å². The first-order chi connectivity index (χ1) is 20.0. The Labute approximate surface area is 262 Å². The van der Waals surface area contributed by atoms with E-state index in [1.54, 1.807) is 0 Å². The zero-order valence-electron chi connectivity index (χ0n) is 27.9. The van der Waals surface area contributed by atoms with Crippen molar-refractivity contribution in [2.24, 2.45) is 0 Å². The lowest BCUT2D eigenvalue weighted by Gasteiger charge is -2.46. The van der Waals surface area contributed by atoms with Crippen LogP contribution in [0.4, 0.5) is 0 Å². The van der Waals surface area contributed by atoms with Gasteiger partial charge in [0.15, 0.2) is 16.6 Å². The molecular formula is C36H54O5Si2.